The van der Waals surface area contributed by atoms with Gasteiger partial charge in [0.05, 0.1) is 12.6 Å². The third-order valence-electron chi connectivity index (χ3n) is 4.50. The summed E-state index contributed by atoms with van der Waals surface area (Å²) in [5, 5.41) is 4.09. The molecule has 0 bridgehead atoms. The minimum atomic E-state index is 0.0325. The number of hydrogen-bond acceptors (Lipinski definition) is 3. The molecular weight excluding hydrogens is 334 g/mol. The second-order valence-electron chi connectivity index (χ2n) is 6.52. The molecule has 1 saturated heterocycles. The molecule has 0 saturated carbocycles. The Bertz CT molecular complexity index is 707. The molecule has 0 aromatic heterocycles. The number of hydrogen-bond donors (Lipinski definition) is 1. The maximum Gasteiger partial charge on any atom is 0.237 e. The van der Waals surface area contributed by atoms with E-state index in [4.69, 9.17) is 11.6 Å². The molecule has 0 aliphatic carbocycles. The standard InChI is InChI=1S/C20H24ClN3O/c1-23(14-16-6-3-2-4-7-16)15-20(25)24-11-10-22-13-19(24)17-8-5-9-18(21)12-17/h2-9,12,19,22H,10-11,13-15H2,1H3. The smallest absolute Gasteiger partial charge is 0.237 e. The number of amides is 1. The first-order valence-corrected chi connectivity index (χ1v) is 8.99. The summed E-state index contributed by atoms with van der Waals surface area (Å²) in [6, 6.07) is 18.0. The highest BCUT2D eigenvalue weighted by Crippen LogP contribution is 2.25. The number of carbonyl (C=O) groups excluding carboxylic acids is 1. The topological polar surface area (TPSA) is 35.6 Å². The van der Waals surface area contributed by atoms with Crippen molar-refractivity contribution in [3.63, 3.8) is 0 Å². The van der Waals surface area contributed by atoms with Crippen molar-refractivity contribution in [1.29, 1.82) is 0 Å². The van der Waals surface area contributed by atoms with Crippen molar-refractivity contribution in [2.75, 3.05) is 33.2 Å². The van der Waals surface area contributed by atoms with Gasteiger partial charge in [0.25, 0.3) is 0 Å². The molecule has 3 rings (SSSR count). The summed E-state index contributed by atoms with van der Waals surface area (Å²) in [7, 11) is 1.99. The number of halogens is 1. The number of likely N-dealkylation sites (N-methyl/N-ethyl adjacent to an activating group) is 1. The van der Waals surface area contributed by atoms with Crippen molar-refractivity contribution in [3.8, 4) is 0 Å². The van der Waals surface area contributed by atoms with Crippen LogP contribution in [-0.2, 0) is 11.3 Å². The van der Waals surface area contributed by atoms with Crippen LogP contribution in [0.3, 0.4) is 0 Å². The molecule has 1 amide bonds. The molecule has 2 aromatic carbocycles. The lowest BCUT2D eigenvalue weighted by molar-refractivity contribution is -0.135. The predicted octanol–water partition coefficient (Wildman–Crippen LogP) is 2.94. The van der Waals surface area contributed by atoms with Gasteiger partial charge >= 0.3 is 0 Å². The van der Waals surface area contributed by atoms with Crippen LogP contribution in [0.5, 0.6) is 0 Å². The molecule has 0 radical (unpaired) electrons. The molecule has 2 aromatic rings. The van der Waals surface area contributed by atoms with E-state index in [1.165, 1.54) is 5.56 Å². The van der Waals surface area contributed by atoms with Gasteiger partial charge in [-0.25, -0.2) is 0 Å². The lowest BCUT2D eigenvalue weighted by Crippen LogP contribution is -2.51. The molecule has 1 N–H and O–H groups in total. The Morgan fingerprint density at radius 1 is 1.24 bits per heavy atom. The largest absolute Gasteiger partial charge is 0.332 e. The van der Waals surface area contributed by atoms with E-state index in [9.17, 15) is 4.79 Å². The molecule has 1 aliphatic rings. The van der Waals surface area contributed by atoms with Gasteiger partial charge in [0.15, 0.2) is 0 Å². The fourth-order valence-electron chi connectivity index (χ4n) is 3.29. The van der Waals surface area contributed by atoms with Crippen LogP contribution in [0.1, 0.15) is 17.2 Å². The maximum absolute atomic E-state index is 12.9. The summed E-state index contributed by atoms with van der Waals surface area (Å²) in [6.07, 6.45) is 0. The van der Waals surface area contributed by atoms with Crippen molar-refractivity contribution in [3.05, 3.63) is 70.7 Å². The van der Waals surface area contributed by atoms with E-state index < -0.39 is 0 Å². The van der Waals surface area contributed by atoms with E-state index >= 15 is 0 Å². The zero-order valence-corrected chi connectivity index (χ0v) is 15.2. The summed E-state index contributed by atoms with van der Waals surface area (Å²) in [4.78, 5) is 16.9. The fourth-order valence-corrected chi connectivity index (χ4v) is 3.49. The molecule has 0 spiro atoms. The summed E-state index contributed by atoms with van der Waals surface area (Å²) in [5.41, 5.74) is 2.29. The normalized spacial score (nSPS) is 17.7. The SMILES string of the molecule is CN(CC(=O)N1CCNCC1c1cccc(Cl)c1)Cc1ccccc1. The van der Waals surface area contributed by atoms with Gasteiger partial charge < -0.3 is 10.2 Å². The molecule has 1 heterocycles. The fraction of sp³-hybridized carbons (Fsp3) is 0.350. The van der Waals surface area contributed by atoms with Gasteiger partial charge in [-0.1, -0.05) is 54.1 Å². The number of piperazine rings is 1. The first-order chi connectivity index (χ1) is 12.1. The zero-order chi connectivity index (χ0) is 17.6. The average Bonchev–Trinajstić information content (AvgIpc) is 2.62. The Morgan fingerprint density at radius 3 is 2.80 bits per heavy atom. The third-order valence-corrected chi connectivity index (χ3v) is 4.73. The van der Waals surface area contributed by atoms with Crippen LogP contribution < -0.4 is 5.32 Å². The summed E-state index contributed by atoms with van der Waals surface area (Å²) >= 11 is 6.13. The minimum Gasteiger partial charge on any atom is -0.332 e. The molecular formula is C20H24ClN3O. The molecule has 4 nitrogen and oxygen atoms in total. The molecule has 5 heteroatoms. The molecule has 25 heavy (non-hydrogen) atoms. The minimum absolute atomic E-state index is 0.0325. The van der Waals surface area contributed by atoms with Crippen molar-refractivity contribution >= 4 is 17.5 Å². The highest BCUT2D eigenvalue weighted by atomic mass is 35.5. The van der Waals surface area contributed by atoms with Gasteiger partial charge in [-0.3, -0.25) is 9.69 Å². The quantitative estimate of drug-likeness (QED) is 0.893. The highest BCUT2D eigenvalue weighted by Gasteiger charge is 2.28. The summed E-state index contributed by atoms with van der Waals surface area (Å²) in [6.45, 7) is 3.47. The van der Waals surface area contributed by atoms with E-state index in [1.807, 2.05) is 54.4 Å². The van der Waals surface area contributed by atoms with Crippen LogP contribution >= 0.6 is 11.6 Å². The number of nitrogens with one attached hydrogen (secondary N) is 1. The van der Waals surface area contributed by atoms with Crippen molar-refractivity contribution in [2.45, 2.75) is 12.6 Å². The molecule has 1 atom stereocenters. The van der Waals surface area contributed by atoms with Gasteiger partial charge in [0, 0.05) is 31.2 Å². The van der Waals surface area contributed by atoms with Crippen LogP contribution in [0.25, 0.3) is 0 Å². The van der Waals surface area contributed by atoms with E-state index in [2.05, 4.69) is 22.3 Å². The van der Waals surface area contributed by atoms with Crippen molar-refractivity contribution in [2.24, 2.45) is 0 Å². The van der Waals surface area contributed by atoms with Crippen LogP contribution in [0.4, 0.5) is 0 Å². The predicted molar refractivity (Wildman–Crippen MR) is 102 cm³/mol. The first kappa shape index (κ1) is 17.9. The molecule has 1 fully saturated rings. The van der Waals surface area contributed by atoms with Gasteiger partial charge in [0.1, 0.15) is 0 Å². The van der Waals surface area contributed by atoms with Gasteiger partial charge in [-0.05, 0) is 30.3 Å². The van der Waals surface area contributed by atoms with E-state index in [0.29, 0.717) is 11.6 Å². The monoisotopic (exact) mass is 357 g/mol. The number of carbonyl (C=O) groups is 1. The van der Waals surface area contributed by atoms with E-state index in [1.54, 1.807) is 0 Å². The number of rotatable bonds is 5. The Hall–Kier alpha value is -1.88. The van der Waals surface area contributed by atoms with E-state index in [0.717, 1.165) is 31.7 Å². The molecule has 1 aliphatic heterocycles. The molecule has 132 valence electrons. The number of benzene rings is 2. The second-order valence-corrected chi connectivity index (χ2v) is 6.96. The van der Waals surface area contributed by atoms with Crippen LogP contribution in [0.15, 0.2) is 54.6 Å². The van der Waals surface area contributed by atoms with Crippen molar-refractivity contribution in [1.82, 2.24) is 15.1 Å². The number of nitrogens with zero attached hydrogens (tertiary/aromatic N) is 2. The molecule has 1 unspecified atom stereocenters. The lowest BCUT2D eigenvalue weighted by atomic mass is 10.0. The van der Waals surface area contributed by atoms with Crippen molar-refractivity contribution < 1.29 is 4.79 Å². The third kappa shape index (κ3) is 4.82. The van der Waals surface area contributed by atoms with Crippen LogP contribution in [0.2, 0.25) is 5.02 Å². The van der Waals surface area contributed by atoms with Gasteiger partial charge in [-0.15, -0.1) is 0 Å². The summed E-state index contributed by atoms with van der Waals surface area (Å²) < 4.78 is 0. The highest BCUT2D eigenvalue weighted by molar-refractivity contribution is 6.30. The Balaban J connectivity index is 1.66. The lowest BCUT2D eigenvalue weighted by Gasteiger charge is -2.37. The van der Waals surface area contributed by atoms with Crippen LogP contribution in [-0.4, -0.2) is 48.9 Å². The van der Waals surface area contributed by atoms with Crippen LogP contribution in [0, 0.1) is 0 Å². The maximum atomic E-state index is 12.9. The van der Waals surface area contributed by atoms with E-state index in [-0.39, 0.29) is 11.9 Å². The van der Waals surface area contributed by atoms with Gasteiger partial charge in [-0.2, -0.15) is 0 Å². The average molecular weight is 358 g/mol. The van der Waals surface area contributed by atoms with Gasteiger partial charge in [0.2, 0.25) is 5.91 Å². The Morgan fingerprint density at radius 2 is 2.04 bits per heavy atom. The summed E-state index contributed by atoms with van der Waals surface area (Å²) in [5.74, 6) is 0.157. The first-order valence-electron chi connectivity index (χ1n) is 8.61. The Kier molecular flexibility index (Phi) is 6.08. The Labute approximate surface area is 154 Å². The second kappa shape index (κ2) is 8.48. The zero-order valence-electron chi connectivity index (χ0n) is 14.5.